The molecule has 0 saturated carbocycles. The lowest BCUT2D eigenvalue weighted by atomic mass is 10.1. The first kappa shape index (κ1) is 21.4. The van der Waals surface area contributed by atoms with Gasteiger partial charge >= 0.3 is 0 Å². The van der Waals surface area contributed by atoms with Gasteiger partial charge in [-0.1, -0.05) is 59.8 Å². The third kappa shape index (κ3) is 5.06. The van der Waals surface area contributed by atoms with Crippen molar-refractivity contribution in [2.75, 3.05) is 11.4 Å². The van der Waals surface area contributed by atoms with Crippen molar-refractivity contribution in [3.63, 3.8) is 0 Å². The number of carbonyl (C=O) groups is 1. The highest BCUT2D eigenvalue weighted by Gasteiger charge is 2.18. The third-order valence-corrected chi connectivity index (χ3v) is 5.43. The van der Waals surface area contributed by atoms with Crippen LogP contribution < -0.4 is 9.64 Å². The molecule has 5 nitrogen and oxygen atoms in total. The van der Waals surface area contributed by atoms with Crippen LogP contribution in [0.4, 0.5) is 5.69 Å². The fourth-order valence-electron chi connectivity index (χ4n) is 3.58. The largest absolute Gasteiger partial charge is 0.489 e. The molecule has 0 aliphatic rings. The molecule has 1 amide bonds. The number of hydrogen-bond acceptors (Lipinski definition) is 4. The highest BCUT2D eigenvalue weighted by atomic mass is 16.5. The van der Waals surface area contributed by atoms with E-state index in [4.69, 9.17) is 9.26 Å². The highest BCUT2D eigenvalue weighted by molar-refractivity contribution is 6.06. The molecule has 0 aliphatic carbocycles. The average molecular weight is 427 g/mol. The summed E-state index contributed by atoms with van der Waals surface area (Å²) < 4.78 is 11.1. The summed E-state index contributed by atoms with van der Waals surface area (Å²) in [4.78, 5) is 15.3. The van der Waals surface area contributed by atoms with Gasteiger partial charge in [-0.05, 0) is 56.2 Å². The summed E-state index contributed by atoms with van der Waals surface area (Å²) in [5, 5.41) is 3.96. The van der Waals surface area contributed by atoms with Crippen LogP contribution in [0.5, 0.6) is 5.75 Å². The molecule has 4 aromatic rings. The molecule has 3 aromatic carbocycles. The number of nitrogens with zero attached hydrogens (tertiary/aromatic N) is 2. The number of anilines is 1. The average Bonchev–Trinajstić information content (AvgIpc) is 3.16. The van der Waals surface area contributed by atoms with E-state index in [1.165, 1.54) is 5.56 Å². The van der Waals surface area contributed by atoms with Crippen molar-refractivity contribution in [2.24, 2.45) is 0 Å². The summed E-state index contributed by atoms with van der Waals surface area (Å²) in [6.45, 7) is 4.68. The van der Waals surface area contributed by atoms with Crippen molar-refractivity contribution >= 4 is 11.6 Å². The van der Waals surface area contributed by atoms with Crippen LogP contribution in [0, 0.1) is 13.8 Å². The standard InChI is InChI=1S/C27H26N2O3/c1-20-26(21(2)32-28-20)19-31-25-15-9-12-23(18-25)27(30)29(24-13-7-4-8-14-24)17-16-22-10-5-3-6-11-22/h3-15,18H,16-17,19H2,1-2H3. The molecule has 0 radical (unpaired) electrons. The molecule has 1 aromatic heterocycles. The van der Waals surface area contributed by atoms with Gasteiger partial charge in [0.15, 0.2) is 0 Å². The topological polar surface area (TPSA) is 55.6 Å². The molecule has 0 aliphatic heterocycles. The first-order chi connectivity index (χ1) is 15.6. The second-order valence-corrected chi connectivity index (χ2v) is 7.65. The molecule has 0 saturated heterocycles. The maximum Gasteiger partial charge on any atom is 0.258 e. The van der Waals surface area contributed by atoms with Crippen molar-refractivity contribution < 1.29 is 14.1 Å². The number of aromatic nitrogens is 1. The van der Waals surface area contributed by atoms with Gasteiger partial charge in [0.25, 0.3) is 5.91 Å². The predicted octanol–water partition coefficient (Wildman–Crippen LogP) is 5.76. The molecule has 1 heterocycles. The smallest absolute Gasteiger partial charge is 0.258 e. The van der Waals surface area contributed by atoms with Crippen LogP contribution in [0.25, 0.3) is 0 Å². The Hall–Kier alpha value is -3.86. The molecule has 0 bridgehead atoms. The molecule has 0 spiro atoms. The number of para-hydroxylation sites is 1. The van der Waals surface area contributed by atoms with E-state index in [1.807, 2.05) is 85.5 Å². The van der Waals surface area contributed by atoms with Crippen molar-refractivity contribution in [1.29, 1.82) is 0 Å². The van der Waals surface area contributed by atoms with E-state index in [0.29, 0.717) is 24.5 Å². The second-order valence-electron chi connectivity index (χ2n) is 7.65. The maximum absolute atomic E-state index is 13.5. The number of amides is 1. The van der Waals surface area contributed by atoms with Crippen LogP contribution in [0.1, 0.15) is 32.9 Å². The van der Waals surface area contributed by atoms with Crippen LogP contribution in [-0.2, 0) is 13.0 Å². The summed E-state index contributed by atoms with van der Waals surface area (Å²) in [6, 6.07) is 27.3. The molecule has 0 unspecified atom stereocenters. The van der Waals surface area contributed by atoms with Crippen LogP contribution in [0.15, 0.2) is 89.5 Å². The molecule has 0 fully saturated rings. The first-order valence-corrected chi connectivity index (χ1v) is 10.7. The van der Waals surface area contributed by atoms with Crippen molar-refractivity contribution in [3.8, 4) is 5.75 Å². The first-order valence-electron chi connectivity index (χ1n) is 10.7. The van der Waals surface area contributed by atoms with E-state index in [1.54, 1.807) is 6.07 Å². The van der Waals surface area contributed by atoms with E-state index in [9.17, 15) is 4.79 Å². The minimum atomic E-state index is -0.0603. The van der Waals surface area contributed by atoms with Gasteiger partial charge in [0.05, 0.1) is 11.3 Å². The molecule has 32 heavy (non-hydrogen) atoms. The molecular weight excluding hydrogens is 400 g/mol. The van der Waals surface area contributed by atoms with Crippen LogP contribution >= 0.6 is 0 Å². The van der Waals surface area contributed by atoms with Crippen molar-refractivity contribution in [3.05, 3.63) is 113 Å². The normalized spacial score (nSPS) is 10.7. The van der Waals surface area contributed by atoms with E-state index < -0.39 is 0 Å². The molecule has 4 rings (SSSR count). The monoisotopic (exact) mass is 426 g/mol. The third-order valence-electron chi connectivity index (χ3n) is 5.43. The van der Waals surface area contributed by atoms with Gasteiger partial charge in [-0.15, -0.1) is 0 Å². The Morgan fingerprint density at radius 1 is 0.938 bits per heavy atom. The fraction of sp³-hybridized carbons (Fsp3) is 0.185. The Labute approximate surface area is 188 Å². The Morgan fingerprint density at radius 2 is 1.66 bits per heavy atom. The number of hydrogen-bond donors (Lipinski definition) is 0. The minimum absolute atomic E-state index is 0.0603. The zero-order valence-corrected chi connectivity index (χ0v) is 18.3. The van der Waals surface area contributed by atoms with Crippen LogP contribution in [0.2, 0.25) is 0 Å². The highest BCUT2D eigenvalue weighted by Crippen LogP contribution is 2.22. The molecular formula is C27H26N2O3. The van der Waals surface area contributed by atoms with Gasteiger partial charge in [0, 0.05) is 17.8 Å². The lowest BCUT2D eigenvalue weighted by Gasteiger charge is -2.23. The predicted molar refractivity (Wildman–Crippen MR) is 125 cm³/mol. The zero-order chi connectivity index (χ0) is 22.3. The number of rotatable bonds is 8. The minimum Gasteiger partial charge on any atom is -0.489 e. The van der Waals surface area contributed by atoms with Gasteiger partial charge in [-0.25, -0.2) is 0 Å². The Balaban J connectivity index is 1.53. The molecule has 0 N–H and O–H groups in total. The van der Waals surface area contributed by atoms with Crippen LogP contribution in [0.3, 0.4) is 0 Å². The summed E-state index contributed by atoms with van der Waals surface area (Å²) in [6.07, 6.45) is 0.768. The van der Waals surface area contributed by atoms with Crippen molar-refractivity contribution in [1.82, 2.24) is 5.16 Å². The van der Waals surface area contributed by atoms with E-state index in [2.05, 4.69) is 17.3 Å². The number of carbonyl (C=O) groups excluding carboxylic acids is 1. The van der Waals surface area contributed by atoms with Gasteiger partial charge in [-0.2, -0.15) is 0 Å². The van der Waals surface area contributed by atoms with Gasteiger partial charge in [-0.3, -0.25) is 4.79 Å². The summed E-state index contributed by atoms with van der Waals surface area (Å²) in [7, 11) is 0. The Kier molecular flexibility index (Phi) is 6.66. The van der Waals surface area contributed by atoms with Crippen LogP contribution in [-0.4, -0.2) is 17.6 Å². The Bertz CT molecular complexity index is 1150. The molecule has 162 valence electrons. The van der Waals surface area contributed by atoms with Gasteiger partial charge in [0.2, 0.25) is 0 Å². The van der Waals surface area contributed by atoms with E-state index in [0.717, 1.165) is 29.1 Å². The van der Waals surface area contributed by atoms with E-state index in [-0.39, 0.29) is 5.91 Å². The quantitative estimate of drug-likeness (QED) is 0.359. The number of ether oxygens (including phenoxy) is 1. The number of benzene rings is 3. The lowest BCUT2D eigenvalue weighted by Crippen LogP contribution is -2.33. The molecule has 5 heteroatoms. The van der Waals surface area contributed by atoms with Crippen molar-refractivity contribution in [2.45, 2.75) is 26.9 Å². The lowest BCUT2D eigenvalue weighted by molar-refractivity contribution is 0.0986. The van der Waals surface area contributed by atoms with Gasteiger partial charge < -0.3 is 14.2 Å². The SMILES string of the molecule is Cc1noc(C)c1COc1cccc(C(=O)N(CCc2ccccc2)c2ccccc2)c1. The Morgan fingerprint density at radius 3 is 2.34 bits per heavy atom. The summed E-state index contributed by atoms with van der Waals surface area (Å²) >= 11 is 0. The second kappa shape index (κ2) is 9.96. The zero-order valence-electron chi connectivity index (χ0n) is 18.3. The number of aryl methyl sites for hydroxylation is 2. The summed E-state index contributed by atoms with van der Waals surface area (Å²) in [5.74, 6) is 1.31. The fourth-order valence-corrected chi connectivity index (χ4v) is 3.58. The van der Waals surface area contributed by atoms with Gasteiger partial charge in [0.1, 0.15) is 18.1 Å². The maximum atomic E-state index is 13.5. The van der Waals surface area contributed by atoms with E-state index >= 15 is 0 Å². The summed E-state index contributed by atoms with van der Waals surface area (Å²) in [5.41, 5.74) is 4.38. The molecule has 0 atom stereocenters.